The molecule has 0 aliphatic carbocycles. The molecule has 2 heterocycles. The maximum Gasteiger partial charge on any atom is 0.573 e. The number of carboxylic acid groups (broad SMARTS) is 1. The minimum atomic E-state index is -4.70. The van der Waals surface area contributed by atoms with Crippen LogP contribution in [0.25, 0.3) is 10.9 Å². The number of alkyl halides is 3. The third-order valence-corrected chi connectivity index (χ3v) is 4.69. The highest BCUT2D eigenvalue weighted by atomic mass is 35.5. The molecule has 10 heteroatoms. The molecule has 1 atom stereocenters. The van der Waals surface area contributed by atoms with Gasteiger partial charge in [-0.2, -0.15) is 0 Å². The standard InChI is InChI=1S/C16H10ClF3N2O.C5H9NO2/c17-13-3-1-2-10-4-9-14(22-15(10)13)21-11-5-7-12(8-6-11)23-16(18,19)20;7-5(8)4-2-1-3-6-4/h1-9H,(H,21,22);4,6H,1-3H2,(H,7,8)/t;4-/m.0/s1. The van der Waals surface area contributed by atoms with Crippen molar-refractivity contribution in [1.82, 2.24) is 10.3 Å². The molecule has 3 N–H and O–H groups in total. The molecule has 6 nitrogen and oxygen atoms in total. The first kappa shape index (κ1) is 22.6. The minimum Gasteiger partial charge on any atom is -0.480 e. The molecule has 0 radical (unpaired) electrons. The van der Waals surface area contributed by atoms with Crippen molar-refractivity contribution < 1.29 is 27.8 Å². The van der Waals surface area contributed by atoms with Gasteiger partial charge in [-0.3, -0.25) is 4.79 Å². The van der Waals surface area contributed by atoms with Crippen molar-refractivity contribution >= 4 is 40.0 Å². The van der Waals surface area contributed by atoms with E-state index < -0.39 is 12.3 Å². The molecular weight excluding hydrogens is 435 g/mol. The Morgan fingerprint density at radius 1 is 1.16 bits per heavy atom. The smallest absolute Gasteiger partial charge is 0.480 e. The Balaban J connectivity index is 0.000000287. The number of carbonyl (C=O) groups is 1. The molecular formula is C21H19ClF3N3O3. The monoisotopic (exact) mass is 453 g/mol. The summed E-state index contributed by atoms with van der Waals surface area (Å²) in [4.78, 5) is 14.5. The van der Waals surface area contributed by atoms with Gasteiger partial charge in [0.25, 0.3) is 0 Å². The Bertz CT molecular complexity index is 1040. The number of halogens is 4. The molecule has 1 aliphatic rings. The van der Waals surface area contributed by atoms with Gasteiger partial charge < -0.3 is 20.5 Å². The zero-order valence-corrected chi connectivity index (χ0v) is 16.9. The van der Waals surface area contributed by atoms with Crippen LogP contribution in [0.4, 0.5) is 24.7 Å². The number of para-hydroxylation sites is 1. The summed E-state index contributed by atoms with van der Waals surface area (Å²) in [5.41, 5.74) is 1.23. The van der Waals surface area contributed by atoms with Crippen LogP contribution < -0.4 is 15.4 Å². The van der Waals surface area contributed by atoms with Crippen LogP contribution in [0.5, 0.6) is 5.75 Å². The number of hydrogen-bond acceptors (Lipinski definition) is 5. The molecule has 1 aliphatic heterocycles. The van der Waals surface area contributed by atoms with Crippen LogP contribution in [0.1, 0.15) is 12.8 Å². The van der Waals surface area contributed by atoms with Gasteiger partial charge in [-0.25, -0.2) is 4.98 Å². The number of aliphatic carboxylic acids is 1. The number of aromatic nitrogens is 1. The number of anilines is 2. The number of ether oxygens (including phenoxy) is 1. The highest BCUT2D eigenvalue weighted by Gasteiger charge is 2.30. The van der Waals surface area contributed by atoms with Crippen molar-refractivity contribution in [3.05, 3.63) is 59.6 Å². The second-order valence-electron chi connectivity index (χ2n) is 6.69. The lowest BCUT2D eigenvalue weighted by molar-refractivity contribution is -0.274. The van der Waals surface area contributed by atoms with Gasteiger partial charge in [0.05, 0.1) is 10.5 Å². The van der Waals surface area contributed by atoms with E-state index in [4.69, 9.17) is 16.7 Å². The molecule has 164 valence electrons. The van der Waals surface area contributed by atoms with Crippen LogP contribution in [-0.4, -0.2) is 35.0 Å². The van der Waals surface area contributed by atoms with Gasteiger partial charge in [-0.05, 0) is 61.9 Å². The summed E-state index contributed by atoms with van der Waals surface area (Å²) in [6.07, 6.45) is -2.92. The lowest BCUT2D eigenvalue weighted by Crippen LogP contribution is -2.29. The van der Waals surface area contributed by atoms with E-state index in [0.717, 1.165) is 24.8 Å². The highest BCUT2D eigenvalue weighted by molar-refractivity contribution is 6.35. The molecule has 3 aromatic rings. The second kappa shape index (κ2) is 9.84. The van der Waals surface area contributed by atoms with Crippen LogP contribution >= 0.6 is 11.6 Å². The Morgan fingerprint density at radius 3 is 2.48 bits per heavy atom. The molecule has 1 saturated heterocycles. The molecule has 0 unspecified atom stereocenters. The van der Waals surface area contributed by atoms with Gasteiger partial charge in [0, 0.05) is 11.1 Å². The molecule has 1 aromatic heterocycles. The maximum absolute atomic E-state index is 12.1. The van der Waals surface area contributed by atoms with Crippen molar-refractivity contribution in [2.75, 3.05) is 11.9 Å². The molecule has 1 fully saturated rings. The molecule has 4 rings (SSSR count). The summed E-state index contributed by atoms with van der Waals surface area (Å²) in [6.45, 7) is 0.858. The first-order valence-corrected chi connectivity index (χ1v) is 9.73. The molecule has 0 spiro atoms. The molecule has 0 saturated carbocycles. The van der Waals surface area contributed by atoms with Crippen LogP contribution in [0, 0.1) is 0 Å². The lowest BCUT2D eigenvalue weighted by atomic mass is 10.2. The number of fused-ring (bicyclic) bond motifs is 1. The average Bonchev–Trinajstić information content (AvgIpc) is 3.25. The second-order valence-corrected chi connectivity index (χ2v) is 7.10. The van der Waals surface area contributed by atoms with E-state index in [1.165, 1.54) is 24.3 Å². The predicted octanol–water partition coefficient (Wildman–Crippen LogP) is 5.35. The van der Waals surface area contributed by atoms with Crippen molar-refractivity contribution in [3.8, 4) is 5.75 Å². The Labute approximate surface area is 181 Å². The van der Waals surface area contributed by atoms with E-state index >= 15 is 0 Å². The summed E-state index contributed by atoms with van der Waals surface area (Å²) in [7, 11) is 0. The normalized spacial score (nSPS) is 15.8. The fourth-order valence-electron chi connectivity index (χ4n) is 2.96. The topological polar surface area (TPSA) is 83.5 Å². The largest absolute Gasteiger partial charge is 0.573 e. The van der Waals surface area contributed by atoms with Gasteiger partial charge in [-0.15, -0.1) is 13.2 Å². The van der Waals surface area contributed by atoms with E-state index in [1.54, 1.807) is 12.1 Å². The zero-order chi connectivity index (χ0) is 22.4. The number of carboxylic acids is 1. The summed E-state index contributed by atoms with van der Waals surface area (Å²) in [6, 6.07) is 14.2. The number of benzene rings is 2. The minimum absolute atomic E-state index is 0.269. The average molecular weight is 454 g/mol. The third-order valence-electron chi connectivity index (χ3n) is 4.39. The van der Waals surface area contributed by atoms with E-state index in [1.807, 2.05) is 18.2 Å². The summed E-state index contributed by atoms with van der Waals surface area (Å²) in [5.74, 6) is -0.463. The van der Waals surface area contributed by atoms with Crippen molar-refractivity contribution in [3.63, 3.8) is 0 Å². The highest BCUT2D eigenvalue weighted by Crippen LogP contribution is 2.27. The Kier molecular flexibility index (Phi) is 7.19. The van der Waals surface area contributed by atoms with E-state index in [0.29, 0.717) is 22.0 Å². The number of nitrogens with zero attached hydrogens (tertiary/aromatic N) is 1. The van der Waals surface area contributed by atoms with Crippen molar-refractivity contribution in [1.29, 1.82) is 0 Å². The summed E-state index contributed by atoms with van der Waals surface area (Å²) >= 11 is 6.10. The van der Waals surface area contributed by atoms with Crippen LogP contribution in [0.2, 0.25) is 5.02 Å². The van der Waals surface area contributed by atoms with Crippen LogP contribution in [-0.2, 0) is 4.79 Å². The van der Waals surface area contributed by atoms with Crippen molar-refractivity contribution in [2.45, 2.75) is 25.2 Å². The number of hydrogen-bond donors (Lipinski definition) is 3. The zero-order valence-electron chi connectivity index (χ0n) is 16.1. The van der Waals surface area contributed by atoms with Gasteiger partial charge in [0.1, 0.15) is 17.6 Å². The number of rotatable bonds is 4. The first-order valence-electron chi connectivity index (χ1n) is 9.35. The van der Waals surface area contributed by atoms with Gasteiger partial charge in [-0.1, -0.05) is 23.7 Å². The molecule has 2 aromatic carbocycles. The third kappa shape index (κ3) is 6.73. The molecule has 0 amide bonds. The first-order chi connectivity index (χ1) is 14.7. The lowest BCUT2D eigenvalue weighted by Gasteiger charge is -2.10. The predicted molar refractivity (Wildman–Crippen MR) is 112 cm³/mol. The number of pyridine rings is 1. The molecule has 31 heavy (non-hydrogen) atoms. The quantitative estimate of drug-likeness (QED) is 0.493. The van der Waals surface area contributed by atoms with E-state index in [-0.39, 0.29) is 11.8 Å². The maximum atomic E-state index is 12.1. The number of nitrogens with one attached hydrogen (secondary N) is 2. The van der Waals surface area contributed by atoms with Gasteiger partial charge in [0.15, 0.2) is 0 Å². The molecule has 0 bridgehead atoms. The fraction of sp³-hybridized carbons (Fsp3) is 0.238. The van der Waals surface area contributed by atoms with Crippen LogP contribution in [0.15, 0.2) is 54.6 Å². The van der Waals surface area contributed by atoms with Crippen molar-refractivity contribution in [2.24, 2.45) is 0 Å². The van der Waals surface area contributed by atoms with Gasteiger partial charge in [0.2, 0.25) is 0 Å². The SMILES string of the molecule is FC(F)(F)Oc1ccc(Nc2ccc3cccc(Cl)c3n2)cc1.O=C(O)[C@@H]1CCCN1. The van der Waals surface area contributed by atoms with E-state index in [9.17, 15) is 18.0 Å². The van der Waals surface area contributed by atoms with E-state index in [2.05, 4.69) is 20.4 Å². The Hall–Kier alpha value is -3.04. The summed E-state index contributed by atoms with van der Waals surface area (Å²) < 4.78 is 40.2. The fourth-order valence-corrected chi connectivity index (χ4v) is 3.19. The van der Waals surface area contributed by atoms with Gasteiger partial charge >= 0.3 is 12.3 Å². The van der Waals surface area contributed by atoms with Crippen LogP contribution in [0.3, 0.4) is 0 Å². The Morgan fingerprint density at radius 2 is 1.90 bits per heavy atom. The summed E-state index contributed by atoms with van der Waals surface area (Å²) in [5, 5.41) is 15.6.